The van der Waals surface area contributed by atoms with Crippen molar-refractivity contribution in [1.29, 1.82) is 0 Å². The molecule has 0 radical (unpaired) electrons. The van der Waals surface area contributed by atoms with Crippen LogP contribution in [0.25, 0.3) is 0 Å². The first-order chi connectivity index (χ1) is 6.24. The van der Waals surface area contributed by atoms with Gasteiger partial charge in [0.05, 0.1) is 12.7 Å². The molecule has 2 amide bonds. The monoisotopic (exact) mass is 179 g/mol. The molecule has 1 heterocycles. The van der Waals surface area contributed by atoms with Crippen LogP contribution >= 0.6 is 0 Å². The van der Waals surface area contributed by atoms with Crippen LogP contribution in [0.5, 0.6) is 0 Å². The van der Waals surface area contributed by atoms with Crippen molar-refractivity contribution >= 4 is 11.8 Å². The molecule has 0 saturated carbocycles. The van der Waals surface area contributed by atoms with E-state index < -0.39 is 0 Å². The SMILES string of the molecule is C#CCNC(=O)Nc1cnnn1C. The summed E-state index contributed by atoms with van der Waals surface area (Å²) in [6.45, 7) is 0.192. The number of carbonyl (C=O) groups is 1. The van der Waals surface area contributed by atoms with Crippen LogP contribution in [0.15, 0.2) is 6.20 Å². The Morgan fingerprint density at radius 3 is 3.15 bits per heavy atom. The van der Waals surface area contributed by atoms with Gasteiger partial charge in [-0.25, -0.2) is 9.48 Å². The van der Waals surface area contributed by atoms with Gasteiger partial charge in [-0.15, -0.1) is 11.5 Å². The number of hydrogen-bond donors (Lipinski definition) is 2. The van der Waals surface area contributed by atoms with E-state index >= 15 is 0 Å². The Balaban J connectivity index is 2.46. The van der Waals surface area contributed by atoms with E-state index in [-0.39, 0.29) is 12.6 Å². The number of anilines is 1. The molecule has 0 fully saturated rings. The summed E-state index contributed by atoms with van der Waals surface area (Å²) < 4.78 is 1.44. The summed E-state index contributed by atoms with van der Waals surface area (Å²) in [5.74, 6) is 2.79. The van der Waals surface area contributed by atoms with Crippen molar-refractivity contribution in [1.82, 2.24) is 20.3 Å². The molecule has 0 unspecified atom stereocenters. The van der Waals surface area contributed by atoms with Crippen molar-refractivity contribution in [2.24, 2.45) is 7.05 Å². The average molecular weight is 179 g/mol. The van der Waals surface area contributed by atoms with Gasteiger partial charge in [-0.3, -0.25) is 5.32 Å². The van der Waals surface area contributed by atoms with Crippen molar-refractivity contribution in [2.75, 3.05) is 11.9 Å². The summed E-state index contributed by atoms with van der Waals surface area (Å²) in [5, 5.41) is 12.2. The maximum atomic E-state index is 11.0. The molecule has 0 spiro atoms. The summed E-state index contributed by atoms with van der Waals surface area (Å²) >= 11 is 0. The van der Waals surface area contributed by atoms with Crippen LogP contribution in [0, 0.1) is 12.3 Å². The third-order valence-electron chi connectivity index (χ3n) is 1.31. The number of terminal acetylenes is 1. The van der Waals surface area contributed by atoms with Crippen LogP contribution in [-0.2, 0) is 7.05 Å². The maximum absolute atomic E-state index is 11.0. The Kier molecular flexibility index (Phi) is 2.87. The summed E-state index contributed by atoms with van der Waals surface area (Å²) in [6.07, 6.45) is 6.40. The van der Waals surface area contributed by atoms with Gasteiger partial charge in [0.1, 0.15) is 0 Å². The van der Waals surface area contributed by atoms with Crippen molar-refractivity contribution in [3.8, 4) is 12.3 Å². The lowest BCUT2D eigenvalue weighted by atomic mass is 10.6. The zero-order chi connectivity index (χ0) is 9.68. The number of urea groups is 1. The third kappa shape index (κ3) is 2.48. The van der Waals surface area contributed by atoms with Gasteiger partial charge in [-0.2, -0.15) is 0 Å². The number of hydrogen-bond acceptors (Lipinski definition) is 3. The first-order valence-electron chi connectivity index (χ1n) is 3.57. The molecule has 2 N–H and O–H groups in total. The standard InChI is InChI=1S/C7H9N5O/c1-3-4-8-7(13)10-6-5-9-11-12(6)2/h1,5H,4H2,2H3,(H2,8,10,13). The van der Waals surface area contributed by atoms with E-state index in [1.807, 2.05) is 0 Å². The third-order valence-corrected chi connectivity index (χ3v) is 1.31. The van der Waals surface area contributed by atoms with Crippen molar-refractivity contribution in [3.05, 3.63) is 6.20 Å². The number of amides is 2. The number of nitrogens with zero attached hydrogens (tertiary/aromatic N) is 3. The molecule has 68 valence electrons. The van der Waals surface area contributed by atoms with Crippen molar-refractivity contribution in [2.45, 2.75) is 0 Å². The molecule has 0 aliphatic heterocycles. The lowest BCUT2D eigenvalue weighted by Gasteiger charge is -2.03. The van der Waals surface area contributed by atoms with Crippen LogP contribution in [0.4, 0.5) is 10.6 Å². The van der Waals surface area contributed by atoms with E-state index in [0.29, 0.717) is 5.82 Å². The molecule has 0 saturated heterocycles. The Labute approximate surface area is 75.3 Å². The Morgan fingerprint density at radius 1 is 1.85 bits per heavy atom. The van der Waals surface area contributed by atoms with Crippen molar-refractivity contribution in [3.63, 3.8) is 0 Å². The summed E-state index contributed by atoms with van der Waals surface area (Å²) in [5.41, 5.74) is 0. The zero-order valence-electron chi connectivity index (χ0n) is 7.11. The van der Waals surface area contributed by atoms with Gasteiger partial charge in [0.2, 0.25) is 0 Å². The van der Waals surface area contributed by atoms with Gasteiger partial charge >= 0.3 is 6.03 Å². The van der Waals surface area contributed by atoms with E-state index in [1.54, 1.807) is 7.05 Å². The fourth-order valence-corrected chi connectivity index (χ4v) is 0.695. The Morgan fingerprint density at radius 2 is 2.62 bits per heavy atom. The molecule has 1 rings (SSSR count). The van der Waals surface area contributed by atoms with Gasteiger partial charge in [0, 0.05) is 7.05 Å². The predicted molar refractivity (Wildman–Crippen MR) is 46.9 cm³/mol. The smallest absolute Gasteiger partial charge is 0.321 e. The number of nitrogens with one attached hydrogen (secondary N) is 2. The molecule has 6 heteroatoms. The fourth-order valence-electron chi connectivity index (χ4n) is 0.695. The average Bonchev–Trinajstić information content (AvgIpc) is 2.48. The van der Waals surface area contributed by atoms with Crippen LogP contribution in [0.2, 0.25) is 0 Å². The van der Waals surface area contributed by atoms with Gasteiger partial charge < -0.3 is 5.32 Å². The highest BCUT2D eigenvalue weighted by Gasteiger charge is 2.03. The number of rotatable bonds is 2. The molecule has 1 aromatic rings. The topological polar surface area (TPSA) is 71.8 Å². The Bertz CT molecular complexity index is 337. The fraction of sp³-hybridized carbons (Fsp3) is 0.286. The number of carbonyl (C=O) groups excluding carboxylic acids is 1. The molecule has 0 aliphatic rings. The van der Waals surface area contributed by atoms with Crippen LogP contribution in [-0.4, -0.2) is 27.6 Å². The molecule has 0 aliphatic carbocycles. The van der Waals surface area contributed by atoms with Gasteiger partial charge in [-0.1, -0.05) is 11.1 Å². The molecule has 0 atom stereocenters. The second-order valence-electron chi connectivity index (χ2n) is 2.25. The molecule has 0 bridgehead atoms. The minimum Gasteiger partial charge on any atom is -0.327 e. The zero-order valence-corrected chi connectivity index (χ0v) is 7.11. The molecular formula is C7H9N5O. The Hall–Kier alpha value is -2.03. The number of aromatic nitrogens is 3. The maximum Gasteiger partial charge on any atom is 0.321 e. The summed E-state index contributed by atoms with van der Waals surface area (Å²) in [4.78, 5) is 11.0. The van der Waals surface area contributed by atoms with E-state index in [4.69, 9.17) is 6.42 Å². The largest absolute Gasteiger partial charge is 0.327 e. The van der Waals surface area contributed by atoms with Crippen LogP contribution < -0.4 is 10.6 Å². The highest BCUT2D eigenvalue weighted by Crippen LogP contribution is 1.99. The molecule has 13 heavy (non-hydrogen) atoms. The van der Waals surface area contributed by atoms with E-state index in [0.717, 1.165) is 0 Å². The highest BCUT2D eigenvalue weighted by atomic mass is 16.2. The van der Waals surface area contributed by atoms with E-state index in [1.165, 1.54) is 10.9 Å². The van der Waals surface area contributed by atoms with Gasteiger partial charge in [0.15, 0.2) is 5.82 Å². The molecular weight excluding hydrogens is 170 g/mol. The minimum atomic E-state index is -0.372. The van der Waals surface area contributed by atoms with Gasteiger partial charge in [0.25, 0.3) is 0 Å². The first kappa shape index (κ1) is 9.06. The van der Waals surface area contributed by atoms with Crippen molar-refractivity contribution < 1.29 is 4.79 Å². The van der Waals surface area contributed by atoms with Crippen LogP contribution in [0.3, 0.4) is 0 Å². The quantitative estimate of drug-likeness (QED) is 0.605. The van der Waals surface area contributed by atoms with Gasteiger partial charge in [-0.05, 0) is 0 Å². The highest BCUT2D eigenvalue weighted by molar-refractivity contribution is 5.88. The molecule has 1 aromatic heterocycles. The first-order valence-corrected chi connectivity index (χ1v) is 3.57. The lowest BCUT2D eigenvalue weighted by molar-refractivity contribution is 0.253. The van der Waals surface area contributed by atoms with E-state index in [2.05, 4.69) is 26.9 Å². The number of aryl methyl sites for hydroxylation is 1. The molecule has 0 aromatic carbocycles. The second kappa shape index (κ2) is 4.11. The van der Waals surface area contributed by atoms with E-state index in [9.17, 15) is 4.79 Å². The van der Waals surface area contributed by atoms with Crippen LogP contribution in [0.1, 0.15) is 0 Å². The summed E-state index contributed by atoms with van der Waals surface area (Å²) in [6, 6.07) is -0.372. The predicted octanol–water partition coefficient (Wildman–Crippen LogP) is -0.430. The normalized spacial score (nSPS) is 8.92. The lowest BCUT2D eigenvalue weighted by Crippen LogP contribution is -2.29. The molecule has 6 nitrogen and oxygen atoms in total. The minimum absolute atomic E-state index is 0.192. The summed E-state index contributed by atoms with van der Waals surface area (Å²) in [7, 11) is 1.67. The second-order valence-corrected chi connectivity index (χ2v) is 2.25.